The van der Waals surface area contributed by atoms with Gasteiger partial charge in [-0.15, -0.1) is 0 Å². The fraction of sp³-hybridized carbons (Fsp3) is 0.308. The van der Waals surface area contributed by atoms with Crippen LogP contribution in [0.25, 0.3) is 0 Å². The van der Waals surface area contributed by atoms with E-state index in [0.29, 0.717) is 0 Å². The quantitative estimate of drug-likeness (QED) is 0.862. The number of benzene rings is 1. The molecule has 1 aromatic carbocycles. The van der Waals surface area contributed by atoms with Crippen LogP contribution in [0.1, 0.15) is 13.8 Å². The lowest BCUT2D eigenvalue weighted by Gasteiger charge is -2.14. The second-order valence-electron chi connectivity index (χ2n) is 4.21. The lowest BCUT2D eigenvalue weighted by molar-refractivity contribution is -0.122. The molecule has 3 nitrogen and oxygen atoms in total. The summed E-state index contributed by atoms with van der Waals surface area (Å²) < 4.78 is 26.8. The topological polar surface area (TPSA) is 52.9 Å². The Hall–Kier alpha value is -1.87. The van der Waals surface area contributed by atoms with Gasteiger partial charge in [0.1, 0.15) is 22.3 Å². The Morgan fingerprint density at radius 2 is 1.89 bits per heavy atom. The van der Waals surface area contributed by atoms with Gasteiger partial charge in [0.25, 0.3) is 0 Å². The van der Waals surface area contributed by atoms with Crippen molar-refractivity contribution in [3.05, 3.63) is 29.8 Å². The van der Waals surface area contributed by atoms with Crippen molar-refractivity contribution in [1.82, 2.24) is 0 Å². The largest absolute Gasteiger partial charge is 0.344 e. The molecule has 0 aliphatic heterocycles. The number of ketones is 1. The Labute approximate surface area is 115 Å². The molecule has 1 rings (SSSR count). The van der Waals surface area contributed by atoms with Gasteiger partial charge in [0.15, 0.2) is 11.7 Å². The van der Waals surface area contributed by atoms with Gasteiger partial charge in [0.05, 0.1) is 6.07 Å². The van der Waals surface area contributed by atoms with Crippen LogP contribution in [-0.4, -0.2) is 10.8 Å². The molecule has 0 aliphatic carbocycles. The third-order valence-corrected chi connectivity index (χ3v) is 2.79. The number of nitrogens with one attached hydrogen (secondary N) is 1. The molecular weight excluding hydrogens is 270 g/mol. The van der Waals surface area contributed by atoms with Crippen LogP contribution < -0.4 is 5.32 Å². The van der Waals surface area contributed by atoms with Crippen LogP contribution in [0.5, 0.6) is 0 Å². The van der Waals surface area contributed by atoms with Crippen molar-refractivity contribution in [3.8, 4) is 6.07 Å². The average molecular weight is 282 g/mol. The standard InChI is InChI=1S/C13H12F2N2OS/c1-7(2)12(18)8(6-16)13(19)17-11-9(14)4-3-5-10(11)15/h3-5,7-8H,1-2H3,(H,17,19). The van der Waals surface area contributed by atoms with Gasteiger partial charge in [0, 0.05) is 5.92 Å². The highest BCUT2D eigenvalue weighted by Gasteiger charge is 2.26. The molecule has 0 saturated carbocycles. The minimum Gasteiger partial charge on any atom is -0.344 e. The molecule has 6 heteroatoms. The minimum atomic E-state index is -1.21. The van der Waals surface area contributed by atoms with Gasteiger partial charge in [0.2, 0.25) is 0 Å². The summed E-state index contributed by atoms with van der Waals surface area (Å²) in [5.41, 5.74) is -0.454. The molecule has 0 heterocycles. The summed E-state index contributed by atoms with van der Waals surface area (Å²) >= 11 is 4.88. The molecule has 0 radical (unpaired) electrons. The van der Waals surface area contributed by atoms with Gasteiger partial charge in [-0.1, -0.05) is 32.1 Å². The molecular formula is C13H12F2N2OS. The third kappa shape index (κ3) is 3.55. The maximum atomic E-state index is 13.4. The maximum absolute atomic E-state index is 13.4. The highest BCUT2D eigenvalue weighted by atomic mass is 32.1. The molecule has 1 unspecified atom stereocenters. The van der Waals surface area contributed by atoms with Crippen LogP contribution in [0.3, 0.4) is 0 Å². The number of rotatable bonds is 4. The van der Waals surface area contributed by atoms with Gasteiger partial charge in [-0.3, -0.25) is 4.79 Å². The van der Waals surface area contributed by atoms with Gasteiger partial charge in [-0.2, -0.15) is 5.26 Å². The number of halogens is 2. The highest BCUT2D eigenvalue weighted by Crippen LogP contribution is 2.20. The molecule has 0 fully saturated rings. The van der Waals surface area contributed by atoms with Crippen LogP contribution in [0.4, 0.5) is 14.5 Å². The second-order valence-corrected chi connectivity index (χ2v) is 4.64. The number of anilines is 1. The second kappa shape index (κ2) is 6.34. The van der Waals surface area contributed by atoms with E-state index in [1.54, 1.807) is 19.9 Å². The number of nitriles is 1. The van der Waals surface area contributed by atoms with Crippen LogP contribution in [0.2, 0.25) is 0 Å². The minimum absolute atomic E-state index is 0.204. The van der Waals surface area contributed by atoms with E-state index in [1.807, 2.05) is 0 Å². The monoisotopic (exact) mass is 282 g/mol. The summed E-state index contributed by atoms with van der Waals surface area (Å²) in [6.07, 6.45) is 0. The first-order valence-corrected chi connectivity index (χ1v) is 5.97. The first kappa shape index (κ1) is 15.2. The lowest BCUT2D eigenvalue weighted by atomic mass is 9.96. The van der Waals surface area contributed by atoms with E-state index < -0.39 is 34.9 Å². The van der Waals surface area contributed by atoms with Crippen LogP contribution >= 0.6 is 12.2 Å². The van der Waals surface area contributed by atoms with Crippen molar-refractivity contribution in [1.29, 1.82) is 5.26 Å². The van der Waals surface area contributed by atoms with Crippen LogP contribution in [0, 0.1) is 34.8 Å². The Morgan fingerprint density at radius 3 is 2.32 bits per heavy atom. The van der Waals surface area contributed by atoms with Crippen molar-refractivity contribution < 1.29 is 13.6 Å². The van der Waals surface area contributed by atoms with Crippen molar-refractivity contribution >= 4 is 28.7 Å². The Balaban J connectivity index is 2.96. The molecule has 100 valence electrons. The Kier molecular flexibility index (Phi) is 5.07. The molecule has 1 aromatic rings. The molecule has 1 atom stereocenters. The lowest BCUT2D eigenvalue weighted by Crippen LogP contribution is -2.30. The summed E-state index contributed by atoms with van der Waals surface area (Å²) in [6, 6.07) is 5.06. The van der Waals surface area contributed by atoms with E-state index in [4.69, 9.17) is 17.5 Å². The zero-order chi connectivity index (χ0) is 14.6. The normalized spacial score (nSPS) is 11.8. The van der Waals surface area contributed by atoms with Gasteiger partial charge >= 0.3 is 0 Å². The predicted octanol–water partition coefficient (Wildman–Crippen LogP) is 3.07. The number of carbonyl (C=O) groups is 1. The number of Topliss-reactive ketones (excluding diaryl/α,β-unsaturated/α-hetero) is 1. The summed E-state index contributed by atoms with van der Waals surface area (Å²) in [6.45, 7) is 3.25. The number of thiocarbonyl (C=S) groups is 1. The summed E-state index contributed by atoms with van der Waals surface area (Å²) in [7, 11) is 0. The summed E-state index contributed by atoms with van der Waals surface area (Å²) in [5.74, 6) is -3.67. The van der Waals surface area contributed by atoms with Crippen molar-refractivity contribution in [2.75, 3.05) is 5.32 Å². The number of para-hydroxylation sites is 1. The van der Waals surface area contributed by atoms with Crippen molar-refractivity contribution in [2.45, 2.75) is 13.8 Å². The molecule has 0 spiro atoms. The fourth-order valence-corrected chi connectivity index (χ4v) is 1.67. The zero-order valence-electron chi connectivity index (χ0n) is 10.4. The summed E-state index contributed by atoms with van der Waals surface area (Å²) in [4.78, 5) is 11.5. The summed E-state index contributed by atoms with van der Waals surface area (Å²) in [5, 5.41) is 11.2. The molecule has 19 heavy (non-hydrogen) atoms. The maximum Gasteiger partial charge on any atom is 0.159 e. The predicted molar refractivity (Wildman–Crippen MR) is 71.5 cm³/mol. The Bertz CT molecular complexity index is 532. The van der Waals surface area contributed by atoms with Gasteiger partial charge in [-0.25, -0.2) is 8.78 Å². The van der Waals surface area contributed by atoms with Crippen molar-refractivity contribution in [2.24, 2.45) is 11.8 Å². The molecule has 0 amide bonds. The molecule has 0 aromatic heterocycles. The number of hydrogen-bond acceptors (Lipinski definition) is 3. The Morgan fingerprint density at radius 1 is 1.37 bits per heavy atom. The van der Waals surface area contributed by atoms with E-state index in [-0.39, 0.29) is 4.99 Å². The smallest absolute Gasteiger partial charge is 0.159 e. The van der Waals surface area contributed by atoms with Crippen molar-refractivity contribution in [3.63, 3.8) is 0 Å². The third-order valence-electron chi connectivity index (χ3n) is 2.46. The van der Waals surface area contributed by atoms with Gasteiger partial charge in [-0.05, 0) is 12.1 Å². The van der Waals surface area contributed by atoms with Crippen LogP contribution in [0.15, 0.2) is 18.2 Å². The SMILES string of the molecule is CC(C)C(=O)C(C#N)C(=S)Nc1c(F)cccc1F. The number of carbonyl (C=O) groups excluding carboxylic acids is 1. The fourth-order valence-electron chi connectivity index (χ4n) is 1.40. The van der Waals surface area contributed by atoms with E-state index in [2.05, 4.69) is 5.32 Å². The van der Waals surface area contributed by atoms with Crippen LogP contribution in [-0.2, 0) is 4.79 Å². The number of nitrogens with zero attached hydrogens (tertiary/aromatic N) is 1. The van der Waals surface area contributed by atoms with E-state index in [9.17, 15) is 13.6 Å². The molecule has 0 bridgehead atoms. The van der Waals surface area contributed by atoms with E-state index in [1.165, 1.54) is 6.07 Å². The average Bonchev–Trinajstić information content (AvgIpc) is 2.34. The molecule has 0 aliphatic rings. The molecule has 0 saturated heterocycles. The highest BCUT2D eigenvalue weighted by molar-refractivity contribution is 7.80. The van der Waals surface area contributed by atoms with Gasteiger partial charge < -0.3 is 5.32 Å². The molecule has 1 N–H and O–H groups in total. The number of hydrogen-bond donors (Lipinski definition) is 1. The zero-order valence-corrected chi connectivity index (χ0v) is 11.2. The first-order valence-electron chi connectivity index (χ1n) is 5.56. The first-order chi connectivity index (χ1) is 8.88. The van der Waals surface area contributed by atoms with E-state index in [0.717, 1.165) is 12.1 Å². The van der Waals surface area contributed by atoms with E-state index >= 15 is 0 Å².